The second-order valence-electron chi connectivity index (χ2n) is 1.26. The van der Waals surface area contributed by atoms with Crippen LogP contribution in [0.25, 0.3) is 0 Å². The molecule has 1 aromatic rings. The highest BCUT2D eigenvalue weighted by atomic mass is 32.2. The van der Waals surface area contributed by atoms with E-state index in [0.717, 1.165) is 11.8 Å². The van der Waals surface area contributed by atoms with Gasteiger partial charge in [0.2, 0.25) is 0 Å². The summed E-state index contributed by atoms with van der Waals surface area (Å²) < 4.78 is 0. The second kappa shape index (κ2) is 3.05. The number of rotatable bonds is 1. The summed E-state index contributed by atoms with van der Waals surface area (Å²) in [6.45, 7) is 0. The van der Waals surface area contributed by atoms with Crippen molar-refractivity contribution in [1.82, 2.24) is 10.2 Å². The van der Waals surface area contributed by atoms with E-state index in [1.807, 2.05) is 5.40 Å². The molecule has 0 bridgehead atoms. The fourth-order valence-corrected chi connectivity index (χ4v) is 0.717. The fraction of sp³-hybridized carbons (Fsp3) is 0. The van der Waals surface area contributed by atoms with Crippen LogP contribution >= 0.6 is 11.8 Å². The Morgan fingerprint density at radius 1 is 1.67 bits per heavy atom. The Labute approximate surface area is 56.7 Å². The summed E-state index contributed by atoms with van der Waals surface area (Å²) in [6.07, 6.45) is 1.57. The highest BCUT2D eigenvalue weighted by Crippen LogP contribution is 2.09. The molecule has 9 heavy (non-hydrogen) atoms. The van der Waals surface area contributed by atoms with Gasteiger partial charge in [0.05, 0.1) is 0 Å². The molecule has 0 saturated carbocycles. The van der Waals surface area contributed by atoms with Crippen LogP contribution in [0, 0.1) is 10.7 Å². The number of nitrogens with zero attached hydrogens (tertiary/aromatic N) is 3. The Bertz CT molecular complexity index is 215. The van der Waals surface area contributed by atoms with Gasteiger partial charge in [-0.3, -0.25) is 0 Å². The molecule has 0 unspecified atom stereocenters. The van der Waals surface area contributed by atoms with Crippen LogP contribution in [-0.4, -0.2) is 10.2 Å². The molecule has 0 N–H and O–H groups in total. The van der Waals surface area contributed by atoms with Crippen molar-refractivity contribution < 1.29 is 0 Å². The van der Waals surface area contributed by atoms with Gasteiger partial charge in [-0.15, -0.1) is 5.10 Å². The van der Waals surface area contributed by atoms with Gasteiger partial charge in [0, 0.05) is 18.0 Å². The number of nitriles is 1. The van der Waals surface area contributed by atoms with Gasteiger partial charge in [0.25, 0.3) is 0 Å². The Morgan fingerprint density at radius 3 is 3.11 bits per heavy atom. The van der Waals surface area contributed by atoms with E-state index >= 15 is 0 Å². The Hall–Kier alpha value is -1.08. The molecule has 0 aromatic carbocycles. The minimum absolute atomic E-state index is 0.639. The van der Waals surface area contributed by atoms with Gasteiger partial charge in [0.15, 0.2) is 0 Å². The lowest BCUT2D eigenvalue weighted by Crippen LogP contribution is -1.78. The van der Waals surface area contributed by atoms with E-state index in [9.17, 15) is 0 Å². The van der Waals surface area contributed by atoms with Crippen molar-refractivity contribution in [3.05, 3.63) is 18.3 Å². The van der Waals surface area contributed by atoms with Crippen LogP contribution in [-0.2, 0) is 0 Å². The predicted molar refractivity (Wildman–Crippen MR) is 33.5 cm³/mol. The van der Waals surface area contributed by atoms with E-state index in [1.54, 1.807) is 18.3 Å². The number of thioether (sulfide) groups is 1. The molecule has 44 valence electrons. The number of aromatic nitrogens is 2. The maximum absolute atomic E-state index is 8.16. The number of hydrogen-bond donors (Lipinski definition) is 0. The summed E-state index contributed by atoms with van der Waals surface area (Å²) in [5, 5.41) is 17.9. The zero-order valence-corrected chi connectivity index (χ0v) is 5.30. The van der Waals surface area contributed by atoms with Gasteiger partial charge in [0.1, 0.15) is 10.4 Å². The molecule has 0 radical (unpaired) electrons. The third-order valence-electron chi connectivity index (χ3n) is 0.698. The van der Waals surface area contributed by atoms with Crippen LogP contribution in [0.3, 0.4) is 0 Å². The maximum atomic E-state index is 8.16. The molecule has 0 saturated heterocycles. The van der Waals surface area contributed by atoms with Crippen molar-refractivity contribution in [2.24, 2.45) is 0 Å². The summed E-state index contributed by atoms with van der Waals surface area (Å²) >= 11 is 1.01. The molecule has 1 rings (SSSR count). The first-order valence-electron chi connectivity index (χ1n) is 2.27. The normalized spacial score (nSPS) is 8.33. The standard InChI is InChI=1S/C5H3N3S/c6-4-9-5-2-1-3-7-8-5/h1-3H. The van der Waals surface area contributed by atoms with Gasteiger partial charge in [-0.1, -0.05) is 0 Å². The Kier molecular flexibility index (Phi) is 2.05. The third kappa shape index (κ3) is 1.70. The van der Waals surface area contributed by atoms with Crippen molar-refractivity contribution in [1.29, 1.82) is 5.26 Å². The maximum Gasteiger partial charge on any atom is 0.140 e. The second-order valence-corrected chi connectivity index (χ2v) is 2.06. The SMILES string of the molecule is N#CSc1cccnn1. The Balaban J connectivity index is 2.76. The van der Waals surface area contributed by atoms with Crippen LogP contribution in [0.5, 0.6) is 0 Å². The molecule has 0 aliphatic rings. The lowest BCUT2D eigenvalue weighted by molar-refractivity contribution is 0.932. The van der Waals surface area contributed by atoms with E-state index in [4.69, 9.17) is 5.26 Å². The van der Waals surface area contributed by atoms with Gasteiger partial charge in [-0.05, 0) is 12.1 Å². The lowest BCUT2D eigenvalue weighted by atomic mass is 10.6. The average Bonchev–Trinajstić information content (AvgIpc) is 1.91. The van der Waals surface area contributed by atoms with E-state index in [0.29, 0.717) is 5.03 Å². The molecule has 0 atom stereocenters. The molecule has 4 heteroatoms. The summed E-state index contributed by atoms with van der Waals surface area (Å²) in [5.74, 6) is 0. The minimum Gasteiger partial charge on any atom is -0.185 e. The molecule has 0 fully saturated rings. The van der Waals surface area contributed by atoms with Gasteiger partial charge >= 0.3 is 0 Å². The molecule has 1 heterocycles. The highest BCUT2D eigenvalue weighted by Gasteiger charge is 1.88. The van der Waals surface area contributed by atoms with Crippen molar-refractivity contribution in [3.8, 4) is 5.40 Å². The first-order chi connectivity index (χ1) is 4.43. The zero-order chi connectivity index (χ0) is 6.53. The number of thiocyanates is 1. The topological polar surface area (TPSA) is 49.6 Å². The first-order valence-corrected chi connectivity index (χ1v) is 3.09. The van der Waals surface area contributed by atoms with Gasteiger partial charge < -0.3 is 0 Å². The van der Waals surface area contributed by atoms with Crippen LogP contribution in [0.15, 0.2) is 23.4 Å². The third-order valence-corrected chi connectivity index (χ3v) is 1.22. The Morgan fingerprint density at radius 2 is 2.56 bits per heavy atom. The summed E-state index contributed by atoms with van der Waals surface area (Å²) in [5.41, 5.74) is 0. The fourth-order valence-electron chi connectivity index (χ4n) is 0.389. The largest absolute Gasteiger partial charge is 0.185 e. The van der Waals surface area contributed by atoms with Crippen LogP contribution < -0.4 is 0 Å². The average molecular weight is 137 g/mol. The van der Waals surface area contributed by atoms with Crippen molar-refractivity contribution in [2.45, 2.75) is 5.03 Å². The van der Waals surface area contributed by atoms with Gasteiger partial charge in [-0.25, -0.2) is 0 Å². The minimum atomic E-state index is 0.639. The summed E-state index contributed by atoms with van der Waals surface area (Å²) in [4.78, 5) is 0. The van der Waals surface area contributed by atoms with Crippen molar-refractivity contribution in [3.63, 3.8) is 0 Å². The molecule has 0 aliphatic carbocycles. The van der Waals surface area contributed by atoms with E-state index in [-0.39, 0.29) is 0 Å². The number of hydrogen-bond acceptors (Lipinski definition) is 4. The molecule has 0 spiro atoms. The van der Waals surface area contributed by atoms with Crippen LogP contribution in [0.2, 0.25) is 0 Å². The quantitative estimate of drug-likeness (QED) is 0.429. The van der Waals surface area contributed by atoms with Crippen molar-refractivity contribution in [2.75, 3.05) is 0 Å². The molecular formula is C5H3N3S. The molecule has 3 nitrogen and oxygen atoms in total. The van der Waals surface area contributed by atoms with Crippen LogP contribution in [0.4, 0.5) is 0 Å². The monoisotopic (exact) mass is 137 g/mol. The van der Waals surface area contributed by atoms with Crippen LogP contribution in [0.1, 0.15) is 0 Å². The molecule has 0 amide bonds. The van der Waals surface area contributed by atoms with Gasteiger partial charge in [-0.2, -0.15) is 10.4 Å². The molecule has 1 aromatic heterocycles. The first kappa shape index (κ1) is 6.05. The summed E-state index contributed by atoms with van der Waals surface area (Å²) in [7, 11) is 0. The zero-order valence-electron chi connectivity index (χ0n) is 4.48. The van der Waals surface area contributed by atoms with E-state index < -0.39 is 0 Å². The highest BCUT2D eigenvalue weighted by molar-refractivity contribution is 8.03. The smallest absolute Gasteiger partial charge is 0.140 e. The van der Waals surface area contributed by atoms with E-state index in [1.165, 1.54) is 0 Å². The molecule has 0 aliphatic heterocycles. The van der Waals surface area contributed by atoms with E-state index in [2.05, 4.69) is 10.2 Å². The lowest BCUT2D eigenvalue weighted by Gasteiger charge is -1.84. The summed E-state index contributed by atoms with van der Waals surface area (Å²) in [6, 6.07) is 3.48. The van der Waals surface area contributed by atoms with Crippen molar-refractivity contribution >= 4 is 11.8 Å². The predicted octanol–water partition coefficient (Wildman–Crippen LogP) is 1.05. The molecular weight excluding hydrogens is 134 g/mol.